The molecule has 0 N–H and O–H groups in total. The van der Waals surface area contributed by atoms with Crippen LogP contribution < -0.4 is 54.3 Å². The summed E-state index contributed by atoms with van der Waals surface area (Å²) in [4.78, 5) is 0. The van der Waals surface area contributed by atoms with Gasteiger partial charge in [0.1, 0.15) is 69.0 Å². The van der Waals surface area contributed by atoms with Gasteiger partial charge < -0.3 is 54.3 Å². The van der Waals surface area contributed by atoms with E-state index in [0.29, 0.717) is 57.1 Å². The maximum Gasteiger partial charge on any atom is 0.530 e. The van der Waals surface area contributed by atoms with Gasteiger partial charge >= 0.3 is 34.4 Å². The molecule has 624 valence electrons. The van der Waals surface area contributed by atoms with E-state index < -0.39 is 50.7 Å². The molecule has 0 radical (unpaired) electrons. The molecule has 0 aliphatic heterocycles. The molecular weight excluding hydrogens is 1530 g/mol. The minimum atomic E-state index is -2.56. The third kappa shape index (κ3) is 24.4. The van der Waals surface area contributed by atoms with Gasteiger partial charge in [0.25, 0.3) is 0 Å². The summed E-state index contributed by atoms with van der Waals surface area (Å²) in [6.45, 7) is 65.8. The van der Waals surface area contributed by atoms with Crippen molar-refractivity contribution in [3.8, 4) is 80.1 Å². The molecule has 0 saturated heterocycles. The van der Waals surface area contributed by atoms with Crippen LogP contribution >= 0.6 is 34.4 Å². The molecule has 0 fully saturated rings. The summed E-state index contributed by atoms with van der Waals surface area (Å²) >= 11 is 0. The first-order chi connectivity index (χ1) is 54.5. The van der Waals surface area contributed by atoms with E-state index in [9.17, 15) is 0 Å². The molecular formula is C101H128O12P4. The van der Waals surface area contributed by atoms with E-state index >= 15 is 0 Å². The number of aryl methyl sites for hydroxylation is 1. The maximum atomic E-state index is 7.82. The van der Waals surface area contributed by atoms with Gasteiger partial charge in [-0.2, -0.15) is 0 Å². The van der Waals surface area contributed by atoms with Crippen molar-refractivity contribution in [2.75, 3.05) is 0 Å². The fraction of sp³-hybridized carbons (Fsp3) is 0.406. The Bertz CT molecular complexity index is 4780. The zero-order valence-electron chi connectivity index (χ0n) is 75.1. The van der Waals surface area contributed by atoms with Gasteiger partial charge in [-0.3, -0.25) is 0 Å². The summed E-state index contributed by atoms with van der Waals surface area (Å²) in [6, 6.07) is 69.0. The van der Waals surface area contributed by atoms with Crippen molar-refractivity contribution in [2.24, 2.45) is 0 Å². The van der Waals surface area contributed by atoms with Crippen LogP contribution in [0.1, 0.15) is 291 Å². The molecule has 0 heterocycles. The van der Waals surface area contributed by atoms with Gasteiger partial charge in [-0.05, 0) is 216 Å². The summed E-state index contributed by atoms with van der Waals surface area (Å²) in [5.74, 6) is 6.39. The lowest BCUT2D eigenvalue weighted by atomic mass is 9.80. The highest BCUT2D eigenvalue weighted by molar-refractivity contribution is 7.44. The molecule has 1 unspecified atom stereocenters. The molecule has 0 spiro atoms. The molecule has 0 saturated carbocycles. The fourth-order valence-electron chi connectivity index (χ4n) is 12.9. The van der Waals surface area contributed by atoms with Crippen LogP contribution in [-0.4, -0.2) is 0 Å². The molecule has 0 bridgehead atoms. The van der Waals surface area contributed by atoms with Crippen molar-refractivity contribution in [3.05, 3.63) is 273 Å². The monoisotopic (exact) mass is 1660 g/mol. The third-order valence-corrected chi connectivity index (χ3v) is 24.7. The Labute approximate surface area is 706 Å². The van der Waals surface area contributed by atoms with Crippen LogP contribution in [0.15, 0.2) is 206 Å². The van der Waals surface area contributed by atoms with Gasteiger partial charge in [-0.15, -0.1) is 0 Å². The zero-order chi connectivity index (χ0) is 85.7. The predicted octanol–water partition coefficient (Wildman–Crippen LogP) is 32.3. The summed E-state index contributed by atoms with van der Waals surface area (Å²) in [7, 11) is -9.97. The Hall–Kier alpha value is -8.48. The van der Waals surface area contributed by atoms with Crippen molar-refractivity contribution in [2.45, 2.75) is 269 Å². The van der Waals surface area contributed by atoms with E-state index in [1.54, 1.807) is 0 Å². The van der Waals surface area contributed by atoms with Crippen molar-refractivity contribution in [1.82, 2.24) is 0 Å². The summed E-state index contributed by atoms with van der Waals surface area (Å²) in [5, 5.41) is 0. The average Bonchev–Trinajstić information content (AvgIpc) is 0.766. The Balaban J connectivity index is 1.31. The van der Waals surface area contributed by atoms with Gasteiger partial charge in [-0.25, -0.2) is 0 Å². The third-order valence-electron chi connectivity index (χ3n) is 20.5. The molecule has 0 aliphatic carbocycles. The largest absolute Gasteiger partial charge is 0.530 e. The molecule has 10 rings (SSSR count). The van der Waals surface area contributed by atoms with Gasteiger partial charge in [0, 0.05) is 16.7 Å². The number of rotatable bonds is 29. The van der Waals surface area contributed by atoms with Crippen LogP contribution in [0.2, 0.25) is 0 Å². The minimum absolute atomic E-state index is 0.162. The van der Waals surface area contributed by atoms with Crippen LogP contribution in [0.5, 0.6) is 69.0 Å². The van der Waals surface area contributed by atoms with E-state index in [-0.39, 0.29) is 68.3 Å². The Morgan fingerprint density at radius 3 is 0.607 bits per heavy atom. The van der Waals surface area contributed by atoms with Crippen LogP contribution in [0.25, 0.3) is 11.1 Å². The zero-order valence-corrected chi connectivity index (χ0v) is 78.7. The second-order valence-corrected chi connectivity index (χ2v) is 43.0. The topological polar surface area (TPSA) is 111 Å². The van der Waals surface area contributed by atoms with Crippen LogP contribution in [0, 0.1) is 6.92 Å². The van der Waals surface area contributed by atoms with E-state index in [4.69, 9.17) is 54.3 Å². The molecule has 10 aromatic carbocycles. The van der Waals surface area contributed by atoms with E-state index in [1.165, 1.54) is 0 Å². The van der Waals surface area contributed by atoms with Gasteiger partial charge in [0.05, 0.1) is 11.1 Å². The lowest BCUT2D eigenvalue weighted by molar-refractivity contribution is 0.370. The number of hydrogen-bond donors (Lipinski definition) is 0. The number of benzene rings is 10. The standard InChI is InChI=1S/C101H128O12P4/c1-65(2)70-37-49-78(50-38-70)102-114(103-79-51-39-71(40-52-79)66(3)4)110-89-33-31-35-91(112-116(106-85-57-45-74(61-69(85)9)95(10,11)12)107-86-58-46-75(96(13,14)15)62-82(86)99(22,23)24)93(89)94-90(111-115(104-80-53-41-72(42-54-80)67(5)6)105-81-55-43-73(44-56-81)68(7)8)34-32-36-92(94)113-117(108-87-59-47-76(97(16,17)18)63-83(87)100(25,26)27)109-88-60-48-77(98(19,20)21)64-84(88)101(28,29)30/h31-68H,1-30H3. The molecule has 10 aromatic rings. The average molecular weight is 1660 g/mol. The summed E-state index contributed by atoms with van der Waals surface area (Å²) in [6.07, 6.45) is 0. The first-order valence-corrected chi connectivity index (χ1v) is 45.5. The molecule has 0 amide bonds. The Morgan fingerprint density at radius 1 is 0.205 bits per heavy atom. The van der Waals surface area contributed by atoms with Gasteiger partial charge in [-0.1, -0.05) is 310 Å². The first kappa shape index (κ1) is 90.8. The van der Waals surface area contributed by atoms with Crippen molar-refractivity contribution >= 4 is 34.4 Å². The predicted molar refractivity (Wildman–Crippen MR) is 491 cm³/mol. The second-order valence-electron chi connectivity index (χ2n) is 39.0. The van der Waals surface area contributed by atoms with Crippen LogP contribution in [0.3, 0.4) is 0 Å². The number of hydrogen-bond acceptors (Lipinski definition) is 12. The van der Waals surface area contributed by atoms with Crippen molar-refractivity contribution in [3.63, 3.8) is 0 Å². The van der Waals surface area contributed by atoms with Gasteiger partial charge in [0.15, 0.2) is 0 Å². The highest BCUT2D eigenvalue weighted by atomic mass is 31.2. The van der Waals surface area contributed by atoms with Gasteiger partial charge in [0.2, 0.25) is 0 Å². The minimum Gasteiger partial charge on any atom is -0.409 e. The molecule has 12 nitrogen and oxygen atoms in total. The van der Waals surface area contributed by atoms with E-state index in [0.717, 1.165) is 66.8 Å². The van der Waals surface area contributed by atoms with Crippen LogP contribution in [0.4, 0.5) is 0 Å². The van der Waals surface area contributed by atoms with Crippen molar-refractivity contribution in [1.29, 1.82) is 0 Å². The van der Waals surface area contributed by atoms with Crippen molar-refractivity contribution < 1.29 is 54.3 Å². The quantitative estimate of drug-likeness (QED) is 0.0416. The smallest absolute Gasteiger partial charge is 0.409 e. The van der Waals surface area contributed by atoms with E-state index in [1.807, 2.05) is 109 Å². The molecule has 1 atom stereocenters. The fourth-order valence-corrected chi connectivity index (χ4v) is 17.1. The SMILES string of the molecule is Cc1cc(C(C)(C)C)ccc1OP(Oc1ccc(C(C)(C)C)cc1C(C)(C)C)Oc1cccc(OP(Oc2ccc(C(C)C)cc2)Oc2ccc(C(C)C)cc2)c1-c1c(OP(Oc2ccc(C(C)C)cc2)Oc2ccc(C(C)C)cc2)cccc1OP(Oc1ccc(C(C)(C)C)cc1C(C)(C)C)Oc1ccc(C(C)(C)C)cc1C(C)(C)C. The highest BCUT2D eigenvalue weighted by Gasteiger charge is 2.38. The molecule has 16 heteroatoms. The molecule has 0 aliphatic rings. The first-order valence-electron chi connectivity index (χ1n) is 41.1. The summed E-state index contributed by atoms with van der Waals surface area (Å²) < 4.78 is 88.9. The molecule has 117 heavy (non-hydrogen) atoms. The Kier molecular flexibility index (Phi) is 28.7. The lowest BCUT2D eigenvalue weighted by Crippen LogP contribution is -2.19. The van der Waals surface area contributed by atoms with E-state index in [2.05, 4.69) is 305 Å². The second kappa shape index (κ2) is 37.0. The lowest BCUT2D eigenvalue weighted by Gasteiger charge is -2.30. The summed E-state index contributed by atoms with van der Waals surface area (Å²) in [5.41, 5.74) is 11.6. The molecule has 0 aromatic heterocycles. The van der Waals surface area contributed by atoms with Crippen LogP contribution in [-0.2, 0) is 37.9 Å². The normalized spacial score (nSPS) is 12.9. The highest BCUT2D eigenvalue weighted by Crippen LogP contribution is 2.60. The maximum absolute atomic E-state index is 7.82. The Morgan fingerprint density at radius 2 is 0.402 bits per heavy atom.